The Morgan fingerprint density at radius 1 is 0.795 bits per heavy atom. The maximum Gasteiger partial charge on any atom is 0.356 e. The smallest absolute Gasteiger partial charge is 0.356 e. The highest BCUT2D eigenvalue weighted by Gasteiger charge is 2.55. The molecule has 2 amide bonds. The summed E-state index contributed by atoms with van der Waals surface area (Å²) in [6.45, 7) is 1.16. The molecule has 78 heavy (non-hydrogen) atoms. The number of hydrogen-bond acceptors (Lipinski definition) is 21. The number of nitrogens with zero attached hydrogens (tertiary/aromatic N) is 7. The van der Waals surface area contributed by atoms with Crippen LogP contribution < -0.4 is 20.5 Å². The first-order chi connectivity index (χ1) is 37.8. The standard InChI is InChI=1S/C54H45N9O13S2/c1-31(64)73-41-24-23-37(25-42(41)74-32(2)65)40(66)28-72-59-44(39-27-71-53(55)56-39)49(68)57-45-50(69)63-46(52(70)76-48(35-19-11-5-12-20-35)36-21-13-6-14-22-36)38(29-77-51(45)63)30-78-54-58-60-61-62(54)26-43(67)75-47(33-15-7-3-8-16-33)34-17-9-4-10-18-34/h3-25,27,45,47-48,51H,26,28-30H2,1-2H3,(H2,55,56)(H,57,68)/b59-44-/t45-,51-/m1/s1. The molecule has 0 bridgehead atoms. The van der Waals surface area contributed by atoms with E-state index in [9.17, 15) is 33.6 Å². The molecule has 2 aromatic heterocycles. The number of amides is 2. The number of ketones is 1. The minimum absolute atomic E-state index is 0.0301. The first-order valence-corrected chi connectivity index (χ1v) is 25.8. The normalized spacial score (nSPS) is 15.0. The zero-order valence-electron chi connectivity index (χ0n) is 41.3. The van der Waals surface area contributed by atoms with Gasteiger partial charge < -0.3 is 39.3 Å². The molecule has 24 heteroatoms. The summed E-state index contributed by atoms with van der Waals surface area (Å²) in [5.74, 6) is -5.34. The number of benzene rings is 5. The van der Waals surface area contributed by atoms with Gasteiger partial charge >= 0.3 is 23.9 Å². The van der Waals surface area contributed by atoms with Crippen LogP contribution in [0.5, 0.6) is 11.5 Å². The van der Waals surface area contributed by atoms with Crippen molar-refractivity contribution >= 4 is 76.7 Å². The van der Waals surface area contributed by atoms with Gasteiger partial charge in [0.05, 0.1) is 0 Å². The molecule has 0 radical (unpaired) electrons. The summed E-state index contributed by atoms with van der Waals surface area (Å²) in [6.07, 6.45) is -0.588. The van der Waals surface area contributed by atoms with Gasteiger partial charge in [-0.25, -0.2) is 9.48 Å². The Hall–Kier alpha value is -9.42. The van der Waals surface area contributed by atoms with Gasteiger partial charge in [-0.3, -0.25) is 33.7 Å². The number of fused-ring (bicyclic) bond motifs is 1. The maximum absolute atomic E-state index is 14.8. The number of esters is 4. The predicted octanol–water partition coefficient (Wildman–Crippen LogP) is 5.81. The van der Waals surface area contributed by atoms with E-state index in [0.717, 1.165) is 43.0 Å². The quantitative estimate of drug-likeness (QED) is 0.0163. The fourth-order valence-corrected chi connectivity index (χ4v) is 10.5. The molecule has 0 saturated carbocycles. The van der Waals surface area contributed by atoms with Crippen LogP contribution in [0.3, 0.4) is 0 Å². The highest BCUT2D eigenvalue weighted by Crippen LogP contribution is 2.43. The summed E-state index contributed by atoms with van der Waals surface area (Å²) in [5, 5.41) is 18.0. The number of carbonyl (C=O) groups excluding carboxylic acids is 7. The lowest BCUT2D eigenvalue weighted by atomic mass is 10.0. The van der Waals surface area contributed by atoms with Gasteiger partial charge in [0, 0.05) is 30.9 Å². The first kappa shape index (κ1) is 53.4. The van der Waals surface area contributed by atoms with Crippen molar-refractivity contribution < 1.29 is 61.8 Å². The number of ether oxygens (including phenoxy) is 4. The van der Waals surface area contributed by atoms with Crippen molar-refractivity contribution in [2.75, 3.05) is 23.8 Å². The highest BCUT2D eigenvalue weighted by molar-refractivity contribution is 8.01. The summed E-state index contributed by atoms with van der Waals surface area (Å²) in [7, 11) is 0. The second kappa shape index (κ2) is 24.5. The van der Waals surface area contributed by atoms with E-state index in [1.165, 1.54) is 39.5 Å². The van der Waals surface area contributed by atoms with Crippen LogP contribution in [0.25, 0.3) is 0 Å². The average molecular weight is 1090 g/mol. The Morgan fingerprint density at radius 2 is 1.37 bits per heavy atom. The van der Waals surface area contributed by atoms with Gasteiger partial charge in [0.25, 0.3) is 17.8 Å². The fraction of sp³-hybridized carbons (Fsp3) is 0.185. The van der Waals surface area contributed by atoms with Crippen molar-refractivity contribution in [2.24, 2.45) is 5.16 Å². The summed E-state index contributed by atoms with van der Waals surface area (Å²) in [4.78, 5) is 104. The summed E-state index contributed by atoms with van der Waals surface area (Å²) < 4.78 is 29.0. The molecule has 1 fully saturated rings. The first-order valence-electron chi connectivity index (χ1n) is 23.7. The third kappa shape index (κ3) is 12.6. The molecule has 5 aromatic carbocycles. The number of hydrogen-bond donors (Lipinski definition) is 2. The second-order valence-corrected chi connectivity index (χ2v) is 19.1. The van der Waals surface area contributed by atoms with Crippen LogP contribution in [0.15, 0.2) is 172 Å². The molecular weight excluding hydrogens is 1050 g/mol. The lowest BCUT2D eigenvalue weighted by molar-refractivity contribution is -0.154. The number of rotatable bonds is 21. The van der Waals surface area contributed by atoms with Crippen molar-refractivity contribution in [1.82, 2.24) is 35.4 Å². The molecule has 0 aliphatic carbocycles. The van der Waals surface area contributed by atoms with Gasteiger partial charge in [-0.05, 0) is 56.5 Å². The SMILES string of the molecule is CC(=O)Oc1ccc(C(=O)CO/N=C(\C(=O)N[C@@H]2C(=O)N3C(C(=O)OC(c4ccccc4)c4ccccc4)=C(CSc4nnnn4CC(=O)OC(c4ccccc4)c4ccccc4)CS[C@H]23)c2coc(N)n2)cc1OC(C)=O. The van der Waals surface area contributed by atoms with E-state index < -0.39 is 77.4 Å². The van der Waals surface area contributed by atoms with E-state index in [1.807, 2.05) is 121 Å². The van der Waals surface area contributed by atoms with Gasteiger partial charge in [-0.15, -0.1) is 16.9 Å². The Labute approximate surface area is 452 Å². The maximum atomic E-state index is 14.8. The molecule has 2 atom stereocenters. The number of anilines is 1. The van der Waals surface area contributed by atoms with Gasteiger partial charge in [0.15, 0.2) is 36.0 Å². The van der Waals surface area contributed by atoms with Crippen molar-refractivity contribution in [3.8, 4) is 11.5 Å². The van der Waals surface area contributed by atoms with Gasteiger partial charge in [-0.1, -0.05) is 138 Å². The van der Waals surface area contributed by atoms with Crippen molar-refractivity contribution in [3.05, 3.63) is 191 Å². The zero-order chi connectivity index (χ0) is 54.7. The van der Waals surface area contributed by atoms with E-state index in [4.69, 9.17) is 33.9 Å². The van der Waals surface area contributed by atoms with E-state index in [0.29, 0.717) is 16.7 Å². The van der Waals surface area contributed by atoms with Gasteiger partial charge in [0.2, 0.25) is 10.9 Å². The van der Waals surface area contributed by atoms with Crippen LogP contribution in [0.4, 0.5) is 6.01 Å². The van der Waals surface area contributed by atoms with Crippen LogP contribution in [0, 0.1) is 0 Å². The summed E-state index contributed by atoms with van der Waals surface area (Å²) >= 11 is 2.37. The fourth-order valence-electron chi connectivity index (χ4n) is 8.16. The number of thioether (sulfide) groups is 2. The monoisotopic (exact) mass is 1090 g/mol. The third-order valence-corrected chi connectivity index (χ3v) is 14.1. The number of nitrogen functional groups attached to an aromatic ring is 1. The van der Waals surface area contributed by atoms with Gasteiger partial charge in [0.1, 0.15) is 35.6 Å². The van der Waals surface area contributed by atoms with Crippen LogP contribution >= 0.6 is 23.5 Å². The number of oxazole rings is 1. The highest BCUT2D eigenvalue weighted by atomic mass is 32.2. The minimum Gasteiger partial charge on any atom is -0.451 e. The van der Waals surface area contributed by atoms with Gasteiger partial charge in [-0.2, -0.15) is 4.98 Å². The number of oxime groups is 1. The summed E-state index contributed by atoms with van der Waals surface area (Å²) in [5.41, 5.74) is 8.23. The minimum atomic E-state index is -1.24. The largest absolute Gasteiger partial charge is 0.451 e. The van der Waals surface area contributed by atoms with E-state index in [2.05, 4.69) is 31.0 Å². The number of aromatic nitrogens is 5. The molecule has 0 spiro atoms. The number of tetrazole rings is 1. The summed E-state index contributed by atoms with van der Waals surface area (Å²) in [6, 6.07) is 38.9. The Morgan fingerprint density at radius 3 is 1.94 bits per heavy atom. The molecule has 2 aliphatic rings. The number of Topliss-reactive ketones (excluding diaryl/α,β-unsaturated/α-hetero) is 1. The topological polar surface area (TPSA) is 289 Å². The number of carbonyl (C=O) groups is 7. The Balaban J connectivity index is 0.946. The number of nitrogens with one attached hydrogen (secondary N) is 1. The molecule has 9 rings (SSSR count). The average Bonchev–Trinajstić information content (AvgIpc) is 4.12. The van der Waals surface area contributed by atoms with Crippen LogP contribution in [0.2, 0.25) is 0 Å². The molecule has 7 aromatic rings. The zero-order valence-corrected chi connectivity index (χ0v) is 43.0. The molecule has 22 nitrogen and oxygen atoms in total. The molecule has 4 heterocycles. The van der Waals surface area contributed by atoms with Crippen LogP contribution in [0.1, 0.15) is 64.4 Å². The molecule has 0 unspecified atom stereocenters. The van der Waals surface area contributed by atoms with E-state index >= 15 is 0 Å². The van der Waals surface area contributed by atoms with Crippen molar-refractivity contribution in [2.45, 2.75) is 49.2 Å². The van der Waals surface area contributed by atoms with Crippen molar-refractivity contribution in [3.63, 3.8) is 0 Å². The lowest BCUT2D eigenvalue weighted by Crippen LogP contribution is -2.71. The van der Waals surface area contributed by atoms with Crippen LogP contribution in [-0.2, 0) is 49.6 Å². The third-order valence-electron chi connectivity index (χ3n) is 11.7. The Bertz CT molecular complexity index is 3350. The molecular formula is C54H45N9O13S2. The Kier molecular flexibility index (Phi) is 16.8. The van der Waals surface area contributed by atoms with E-state index in [-0.39, 0.29) is 57.7 Å². The van der Waals surface area contributed by atoms with Crippen LogP contribution in [-0.4, -0.2) is 107 Å². The predicted molar refractivity (Wildman–Crippen MR) is 279 cm³/mol. The molecule has 396 valence electrons. The number of β-lactam (4-membered cyclic amide) rings is 1. The molecule has 1 saturated heterocycles. The lowest BCUT2D eigenvalue weighted by Gasteiger charge is -2.49. The number of nitrogens with two attached hydrogens (primary N) is 1. The molecule has 2 aliphatic heterocycles. The molecule has 3 N–H and O–H groups in total. The van der Waals surface area contributed by atoms with E-state index in [1.54, 1.807) is 0 Å². The van der Waals surface area contributed by atoms with Crippen molar-refractivity contribution in [1.29, 1.82) is 0 Å². The second-order valence-electron chi connectivity index (χ2n) is 17.1.